The molecule has 1 aliphatic heterocycles. The van der Waals surface area contributed by atoms with E-state index >= 15 is 0 Å². The summed E-state index contributed by atoms with van der Waals surface area (Å²) in [5.41, 5.74) is -0.381. The molecule has 3 aromatic rings. The number of anilines is 2. The topological polar surface area (TPSA) is 80.1 Å². The Hall–Kier alpha value is -3.15. The Bertz CT molecular complexity index is 1180. The number of ether oxygens (including phenoxy) is 1. The summed E-state index contributed by atoms with van der Waals surface area (Å²) in [4.78, 5) is 10.5. The van der Waals surface area contributed by atoms with Crippen molar-refractivity contribution < 1.29 is 22.3 Å². The van der Waals surface area contributed by atoms with Gasteiger partial charge in [0.2, 0.25) is 0 Å². The van der Waals surface area contributed by atoms with E-state index in [-0.39, 0.29) is 6.04 Å². The van der Waals surface area contributed by atoms with Crippen molar-refractivity contribution in [2.24, 2.45) is 7.05 Å². The van der Waals surface area contributed by atoms with Gasteiger partial charge >= 0.3 is 6.18 Å². The fourth-order valence-electron chi connectivity index (χ4n) is 4.74. The molecule has 1 aliphatic carbocycles. The molecule has 0 atom stereocenters. The van der Waals surface area contributed by atoms with Crippen LogP contribution in [0, 0.1) is 5.82 Å². The van der Waals surface area contributed by atoms with Crippen molar-refractivity contribution in [3.05, 3.63) is 35.9 Å². The van der Waals surface area contributed by atoms with Crippen LogP contribution in [0.1, 0.15) is 31.2 Å². The average molecular weight is 494 g/mol. The lowest BCUT2D eigenvalue weighted by molar-refractivity contribution is -0.140. The van der Waals surface area contributed by atoms with E-state index in [1.807, 2.05) is 24.0 Å². The molecule has 3 aromatic heterocycles. The van der Waals surface area contributed by atoms with Gasteiger partial charge in [-0.1, -0.05) is 0 Å². The summed E-state index contributed by atoms with van der Waals surface area (Å²) in [6.07, 6.45) is 0.131. The third-order valence-electron chi connectivity index (χ3n) is 6.60. The Morgan fingerprint density at radius 2 is 1.86 bits per heavy atom. The average Bonchev–Trinajstić information content (AvgIpc) is 3.17. The Morgan fingerprint density at radius 3 is 2.57 bits per heavy atom. The second kappa shape index (κ2) is 9.48. The third-order valence-corrected chi connectivity index (χ3v) is 6.60. The van der Waals surface area contributed by atoms with Crippen LogP contribution in [-0.4, -0.2) is 58.1 Å². The van der Waals surface area contributed by atoms with Gasteiger partial charge in [-0.3, -0.25) is 4.68 Å². The highest BCUT2D eigenvalue weighted by Gasteiger charge is 2.36. The van der Waals surface area contributed by atoms with E-state index < -0.39 is 29.5 Å². The molecule has 0 radical (unpaired) electrons. The van der Waals surface area contributed by atoms with E-state index in [1.54, 1.807) is 0 Å². The van der Waals surface area contributed by atoms with Gasteiger partial charge in [-0.15, -0.1) is 0 Å². The number of hydrogen-bond acceptors (Lipinski definition) is 7. The number of aryl methyl sites for hydroxylation is 1. The van der Waals surface area contributed by atoms with E-state index in [0.29, 0.717) is 31.7 Å². The zero-order valence-electron chi connectivity index (χ0n) is 19.3. The van der Waals surface area contributed by atoms with Gasteiger partial charge in [0.15, 0.2) is 11.6 Å². The maximum atomic E-state index is 14.2. The van der Waals surface area contributed by atoms with Crippen molar-refractivity contribution in [1.29, 1.82) is 0 Å². The molecule has 0 aromatic carbocycles. The molecule has 2 fully saturated rings. The molecular weight excluding hydrogens is 466 g/mol. The molecule has 5 rings (SSSR count). The van der Waals surface area contributed by atoms with Crippen LogP contribution in [0.5, 0.6) is 5.88 Å². The second-order valence-electron chi connectivity index (χ2n) is 8.98. The van der Waals surface area contributed by atoms with Gasteiger partial charge in [-0.2, -0.15) is 18.3 Å². The first kappa shape index (κ1) is 23.6. The van der Waals surface area contributed by atoms with E-state index in [9.17, 15) is 17.6 Å². The van der Waals surface area contributed by atoms with Crippen LogP contribution in [0.4, 0.5) is 29.2 Å². The largest absolute Gasteiger partial charge is 0.472 e. The number of halogens is 4. The number of nitrogens with one attached hydrogen (secondary N) is 2. The van der Waals surface area contributed by atoms with Crippen molar-refractivity contribution in [3.63, 3.8) is 0 Å². The lowest BCUT2D eigenvalue weighted by Crippen LogP contribution is -2.43. The Morgan fingerprint density at radius 1 is 1.11 bits per heavy atom. The number of piperazine rings is 1. The molecule has 2 aliphatic rings. The lowest BCUT2D eigenvalue weighted by atomic mass is 9.93. The van der Waals surface area contributed by atoms with Gasteiger partial charge in [-0.25, -0.2) is 14.4 Å². The molecule has 12 heteroatoms. The molecule has 2 N–H and O–H groups in total. The summed E-state index contributed by atoms with van der Waals surface area (Å²) in [5, 5.41) is 12.5. The standard InChI is InChI=1S/C23H27F4N7O/c1-33-18-12-19(30-13-16(18)21(32-33)34-10-8-28-9-11-34)31-14-2-4-15(5-3-14)35-22-20(24)17(6-7-29-22)23(25,26)27/h6-7,12-15,28H,2-5,8-11H2,1H3,(H,30,31). The van der Waals surface area contributed by atoms with E-state index in [2.05, 4.69) is 25.5 Å². The zero-order valence-corrected chi connectivity index (χ0v) is 19.3. The van der Waals surface area contributed by atoms with E-state index in [1.165, 1.54) is 0 Å². The number of fused-ring (bicyclic) bond motifs is 1. The van der Waals surface area contributed by atoms with Crippen LogP contribution >= 0.6 is 0 Å². The van der Waals surface area contributed by atoms with Crippen LogP contribution in [0.25, 0.3) is 10.9 Å². The Kier molecular flexibility index (Phi) is 6.39. The number of aromatic nitrogens is 4. The minimum Gasteiger partial charge on any atom is -0.472 e. The van der Waals surface area contributed by atoms with Crippen LogP contribution in [0.3, 0.4) is 0 Å². The summed E-state index contributed by atoms with van der Waals surface area (Å²) >= 11 is 0. The summed E-state index contributed by atoms with van der Waals surface area (Å²) < 4.78 is 60.4. The van der Waals surface area contributed by atoms with Crippen molar-refractivity contribution >= 4 is 22.5 Å². The Labute approximate surface area is 199 Å². The SMILES string of the molecule is Cn1nc(N2CCNCC2)c2cnc(NC3CCC(Oc4nccc(C(F)(F)F)c4F)CC3)cc21. The molecule has 0 amide bonds. The predicted molar refractivity (Wildman–Crippen MR) is 123 cm³/mol. The van der Waals surface area contributed by atoms with Crippen molar-refractivity contribution in [2.45, 2.75) is 44.0 Å². The highest BCUT2D eigenvalue weighted by atomic mass is 19.4. The van der Waals surface area contributed by atoms with Crippen LogP contribution < -0.4 is 20.3 Å². The second-order valence-corrected chi connectivity index (χ2v) is 8.98. The van der Waals surface area contributed by atoms with Crippen LogP contribution in [-0.2, 0) is 13.2 Å². The number of hydrogen-bond donors (Lipinski definition) is 2. The first-order valence-corrected chi connectivity index (χ1v) is 11.7. The van der Waals surface area contributed by atoms with Gasteiger partial charge in [0, 0.05) is 57.7 Å². The van der Waals surface area contributed by atoms with Gasteiger partial charge in [0.1, 0.15) is 11.9 Å². The molecule has 188 valence electrons. The normalized spacial score (nSPS) is 21.3. The minimum atomic E-state index is -4.79. The zero-order chi connectivity index (χ0) is 24.6. The quantitative estimate of drug-likeness (QED) is 0.525. The summed E-state index contributed by atoms with van der Waals surface area (Å²) in [5.74, 6) is -0.382. The van der Waals surface area contributed by atoms with Gasteiger partial charge in [0.25, 0.3) is 5.88 Å². The summed E-state index contributed by atoms with van der Waals surface area (Å²) in [6.45, 7) is 3.65. The molecule has 0 unspecified atom stereocenters. The van der Waals surface area contributed by atoms with Crippen molar-refractivity contribution in [1.82, 2.24) is 25.1 Å². The molecule has 4 heterocycles. The highest BCUT2D eigenvalue weighted by molar-refractivity contribution is 5.91. The molecular formula is C23H27F4N7O. The molecule has 8 nitrogen and oxygen atoms in total. The fourth-order valence-corrected chi connectivity index (χ4v) is 4.74. The minimum absolute atomic E-state index is 0.125. The molecule has 1 saturated carbocycles. The van der Waals surface area contributed by atoms with E-state index in [0.717, 1.165) is 54.9 Å². The smallest absolute Gasteiger partial charge is 0.419 e. The van der Waals surface area contributed by atoms with Crippen LogP contribution in [0.2, 0.25) is 0 Å². The maximum Gasteiger partial charge on any atom is 0.419 e. The van der Waals surface area contributed by atoms with Crippen molar-refractivity contribution in [2.75, 3.05) is 36.4 Å². The van der Waals surface area contributed by atoms with Gasteiger partial charge < -0.3 is 20.3 Å². The molecule has 1 saturated heterocycles. The van der Waals surface area contributed by atoms with Crippen LogP contribution in [0.15, 0.2) is 24.5 Å². The number of alkyl halides is 3. The first-order chi connectivity index (χ1) is 16.8. The lowest BCUT2D eigenvalue weighted by Gasteiger charge is -2.29. The van der Waals surface area contributed by atoms with Gasteiger partial charge in [-0.05, 0) is 31.7 Å². The van der Waals surface area contributed by atoms with Crippen molar-refractivity contribution in [3.8, 4) is 5.88 Å². The number of nitrogens with zero attached hydrogens (tertiary/aromatic N) is 5. The monoisotopic (exact) mass is 493 g/mol. The fraction of sp³-hybridized carbons (Fsp3) is 0.522. The third kappa shape index (κ3) is 4.97. The van der Waals surface area contributed by atoms with Gasteiger partial charge in [0.05, 0.1) is 16.5 Å². The highest BCUT2D eigenvalue weighted by Crippen LogP contribution is 2.35. The first-order valence-electron chi connectivity index (χ1n) is 11.7. The number of pyridine rings is 2. The molecule has 0 bridgehead atoms. The summed E-state index contributed by atoms with van der Waals surface area (Å²) in [6, 6.07) is 2.72. The predicted octanol–water partition coefficient (Wildman–Crippen LogP) is 3.73. The van der Waals surface area contributed by atoms with E-state index in [4.69, 9.17) is 9.84 Å². The number of rotatable bonds is 5. The molecule has 35 heavy (non-hydrogen) atoms. The molecule has 0 spiro atoms. The Balaban J connectivity index is 1.21. The summed E-state index contributed by atoms with van der Waals surface area (Å²) in [7, 11) is 1.92. The maximum absolute atomic E-state index is 14.2.